The van der Waals surface area contributed by atoms with Crippen LogP contribution in [0.1, 0.15) is 5.56 Å². The first-order chi connectivity index (χ1) is 21.8. The average molecular weight is 561 g/mol. The van der Waals surface area contributed by atoms with Crippen LogP contribution in [0.4, 0.5) is 0 Å². The van der Waals surface area contributed by atoms with Gasteiger partial charge < -0.3 is 4.57 Å². The van der Waals surface area contributed by atoms with Crippen LogP contribution in [0.5, 0.6) is 0 Å². The zero-order chi connectivity index (χ0) is 29.2. The Bertz CT molecular complexity index is 2460. The summed E-state index contributed by atoms with van der Waals surface area (Å²) < 4.78 is 2.36. The number of pyridine rings is 1. The lowest BCUT2D eigenvalue weighted by molar-refractivity contribution is 1.17. The number of aromatic nitrogens is 2. The van der Waals surface area contributed by atoms with Gasteiger partial charge in [0.15, 0.2) is 0 Å². The van der Waals surface area contributed by atoms with Crippen molar-refractivity contribution in [2.45, 2.75) is 6.92 Å². The molecule has 0 unspecified atom stereocenters. The van der Waals surface area contributed by atoms with Crippen molar-refractivity contribution in [1.82, 2.24) is 9.55 Å². The van der Waals surface area contributed by atoms with E-state index in [1.54, 1.807) is 0 Å². The van der Waals surface area contributed by atoms with Crippen molar-refractivity contribution >= 4 is 54.1 Å². The second kappa shape index (κ2) is 9.65. The number of para-hydroxylation sites is 1. The van der Waals surface area contributed by atoms with Crippen molar-refractivity contribution in [3.8, 4) is 27.9 Å². The first-order valence-corrected chi connectivity index (χ1v) is 15.1. The summed E-state index contributed by atoms with van der Waals surface area (Å²) in [6, 6.07) is 50.9. The Hall–Kier alpha value is -5.73. The standard InChI is InChI=1S/C42H28N2/c1-27-24-31(44-39-17-9-8-12-33(39)38-26-43-23-22-40(38)44)20-21-32(27)42-36-15-6-4-13-34(36)41(35-14-5-7-16-37(35)42)30-19-18-28-10-2-3-11-29(28)25-30/h2-26H,1H3. The molecule has 0 aliphatic carbocycles. The fourth-order valence-corrected chi connectivity index (χ4v) is 7.24. The number of rotatable bonds is 3. The molecule has 206 valence electrons. The molecule has 7 aromatic carbocycles. The van der Waals surface area contributed by atoms with Gasteiger partial charge >= 0.3 is 0 Å². The normalized spacial score (nSPS) is 11.8. The van der Waals surface area contributed by atoms with Gasteiger partial charge in [0, 0.05) is 28.9 Å². The maximum Gasteiger partial charge on any atom is 0.0571 e. The number of aryl methyl sites for hydroxylation is 1. The minimum atomic E-state index is 1.16. The van der Waals surface area contributed by atoms with E-state index in [9.17, 15) is 0 Å². The van der Waals surface area contributed by atoms with E-state index in [1.165, 1.54) is 81.9 Å². The summed E-state index contributed by atoms with van der Waals surface area (Å²) in [5.74, 6) is 0. The Balaban J connectivity index is 1.30. The summed E-state index contributed by atoms with van der Waals surface area (Å²) in [4.78, 5) is 4.43. The van der Waals surface area contributed by atoms with E-state index in [1.807, 2.05) is 12.4 Å². The molecule has 0 bridgehead atoms. The molecule has 0 saturated carbocycles. The number of hydrogen-bond acceptors (Lipinski definition) is 1. The zero-order valence-corrected chi connectivity index (χ0v) is 24.3. The van der Waals surface area contributed by atoms with Crippen LogP contribution in [0.3, 0.4) is 0 Å². The summed E-state index contributed by atoms with van der Waals surface area (Å²) in [6.07, 6.45) is 3.86. The van der Waals surface area contributed by atoms with Gasteiger partial charge in [0.05, 0.1) is 11.0 Å². The van der Waals surface area contributed by atoms with Crippen molar-refractivity contribution in [3.63, 3.8) is 0 Å². The molecule has 9 rings (SSSR count). The molecular weight excluding hydrogens is 532 g/mol. The van der Waals surface area contributed by atoms with Gasteiger partial charge in [-0.15, -0.1) is 0 Å². The zero-order valence-electron chi connectivity index (χ0n) is 24.3. The number of nitrogens with zero attached hydrogens (tertiary/aromatic N) is 2. The third kappa shape index (κ3) is 3.64. The quantitative estimate of drug-likeness (QED) is 0.197. The highest BCUT2D eigenvalue weighted by Crippen LogP contribution is 2.45. The lowest BCUT2D eigenvalue weighted by Crippen LogP contribution is -1.97. The number of hydrogen-bond donors (Lipinski definition) is 0. The van der Waals surface area contributed by atoms with Crippen LogP contribution in [0, 0.1) is 6.92 Å². The largest absolute Gasteiger partial charge is 0.309 e. The lowest BCUT2D eigenvalue weighted by atomic mass is 9.84. The minimum absolute atomic E-state index is 1.16. The summed E-state index contributed by atoms with van der Waals surface area (Å²) >= 11 is 0. The van der Waals surface area contributed by atoms with Crippen LogP contribution in [0.25, 0.3) is 82.1 Å². The Morgan fingerprint density at radius 2 is 1.09 bits per heavy atom. The minimum Gasteiger partial charge on any atom is -0.309 e. The molecule has 0 N–H and O–H groups in total. The molecule has 0 amide bonds. The Morgan fingerprint density at radius 1 is 0.477 bits per heavy atom. The highest BCUT2D eigenvalue weighted by atomic mass is 15.0. The van der Waals surface area contributed by atoms with Crippen molar-refractivity contribution in [2.24, 2.45) is 0 Å². The van der Waals surface area contributed by atoms with Gasteiger partial charge in [0.1, 0.15) is 0 Å². The molecule has 0 fully saturated rings. The molecule has 0 radical (unpaired) electrons. The van der Waals surface area contributed by atoms with Gasteiger partial charge in [-0.1, -0.05) is 109 Å². The maximum atomic E-state index is 4.43. The van der Waals surface area contributed by atoms with Crippen LogP contribution < -0.4 is 0 Å². The van der Waals surface area contributed by atoms with Crippen molar-refractivity contribution in [1.29, 1.82) is 0 Å². The highest BCUT2D eigenvalue weighted by molar-refractivity contribution is 6.22. The Morgan fingerprint density at radius 3 is 1.82 bits per heavy atom. The Kier molecular flexibility index (Phi) is 5.45. The summed E-state index contributed by atoms with van der Waals surface area (Å²) in [5, 5.41) is 10.0. The highest BCUT2D eigenvalue weighted by Gasteiger charge is 2.19. The predicted molar refractivity (Wildman–Crippen MR) is 187 cm³/mol. The van der Waals surface area contributed by atoms with E-state index < -0.39 is 0 Å². The monoisotopic (exact) mass is 560 g/mol. The van der Waals surface area contributed by atoms with Crippen molar-refractivity contribution in [3.05, 3.63) is 157 Å². The summed E-state index contributed by atoms with van der Waals surface area (Å²) in [6.45, 7) is 2.25. The van der Waals surface area contributed by atoms with Gasteiger partial charge in [-0.2, -0.15) is 0 Å². The SMILES string of the molecule is Cc1cc(-n2c3ccccc3c3cnccc32)ccc1-c1c2ccccc2c(-c2ccc3ccccc3c2)c2ccccc12. The second-order valence-electron chi connectivity index (χ2n) is 11.6. The fraction of sp³-hybridized carbons (Fsp3) is 0.0238. The van der Waals surface area contributed by atoms with E-state index in [0.717, 1.165) is 5.69 Å². The summed E-state index contributed by atoms with van der Waals surface area (Å²) in [7, 11) is 0. The summed E-state index contributed by atoms with van der Waals surface area (Å²) in [5.41, 5.74) is 9.85. The smallest absolute Gasteiger partial charge is 0.0571 e. The molecular formula is C42H28N2. The van der Waals surface area contributed by atoms with E-state index in [0.29, 0.717) is 0 Å². The molecule has 2 aromatic heterocycles. The predicted octanol–water partition coefficient (Wildman–Crippen LogP) is 11.3. The number of benzene rings is 7. The first-order valence-electron chi connectivity index (χ1n) is 15.1. The van der Waals surface area contributed by atoms with E-state index in [-0.39, 0.29) is 0 Å². The van der Waals surface area contributed by atoms with Gasteiger partial charge in [-0.05, 0) is 97.4 Å². The maximum absolute atomic E-state index is 4.43. The molecule has 0 spiro atoms. The van der Waals surface area contributed by atoms with E-state index in [4.69, 9.17) is 0 Å². The molecule has 0 atom stereocenters. The lowest BCUT2D eigenvalue weighted by Gasteiger charge is -2.19. The second-order valence-corrected chi connectivity index (χ2v) is 11.6. The van der Waals surface area contributed by atoms with Gasteiger partial charge in [-0.25, -0.2) is 0 Å². The third-order valence-corrected chi connectivity index (χ3v) is 9.18. The first kappa shape index (κ1) is 24.8. The molecule has 2 heteroatoms. The number of fused-ring (bicyclic) bond motifs is 6. The van der Waals surface area contributed by atoms with Crippen LogP contribution >= 0.6 is 0 Å². The van der Waals surface area contributed by atoms with Crippen molar-refractivity contribution in [2.75, 3.05) is 0 Å². The average Bonchev–Trinajstić information content (AvgIpc) is 3.42. The fourth-order valence-electron chi connectivity index (χ4n) is 7.24. The van der Waals surface area contributed by atoms with Crippen LogP contribution in [-0.2, 0) is 0 Å². The van der Waals surface area contributed by atoms with Crippen LogP contribution in [-0.4, -0.2) is 9.55 Å². The molecule has 44 heavy (non-hydrogen) atoms. The molecule has 0 aliphatic rings. The van der Waals surface area contributed by atoms with Crippen LogP contribution in [0.15, 0.2) is 152 Å². The van der Waals surface area contributed by atoms with Gasteiger partial charge in [0.25, 0.3) is 0 Å². The van der Waals surface area contributed by atoms with Gasteiger partial charge in [-0.3, -0.25) is 4.98 Å². The third-order valence-electron chi connectivity index (χ3n) is 9.18. The molecule has 2 heterocycles. The van der Waals surface area contributed by atoms with E-state index in [2.05, 4.69) is 156 Å². The van der Waals surface area contributed by atoms with Crippen molar-refractivity contribution < 1.29 is 0 Å². The Labute approximate surface area is 255 Å². The molecule has 2 nitrogen and oxygen atoms in total. The topological polar surface area (TPSA) is 17.8 Å². The van der Waals surface area contributed by atoms with E-state index >= 15 is 0 Å². The molecule has 0 saturated heterocycles. The molecule has 0 aliphatic heterocycles. The van der Waals surface area contributed by atoms with Gasteiger partial charge in [0.2, 0.25) is 0 Å². The van der Waals surface area contributed by atoms with Crippen LogP contribution in [0.2, 0.25) is 0 Å². The molecule has 9 aromatic rings.